The van der Waals surface area contributed by atoms with Gasteiger partial charge in [0.1, 0.15) is 5.75 Å². The Morgan fingerprint density at radius 1 is 1.18 bits per heavy atom. The van der Waals surface area contributed by atoms with E-state index in [-0.39, 0.29) is 10.6 Å². The Morgan fingerprint density at radius 2 is 1.77 bits per heavy atom. The van der Waals surface area contributed by atoms with Crippen molar-refractivity contribution in [2.75, 3.05) is 0 Å². The third-order valence-corrected chi connectivity index (χ3v) is 7.56. The summed E-state index contributed by atoms with van der Waals surface area (Å²) >= 11 is 7.68. The van der Waals surface area contributed by atoms with Gasteiger partial charge in [-0.05, 0) is 44.2 Å². The van der Waals surface area contributed by atoms with Crippen LogP contribution in [-0.2, 0) is 10.0 Å². The molecule has 118 valence electrons. The zero-order valence-corrected chi connectivity index (χ0v) is 15.7. The first kappa shape index (κ1) is 17.5. The first-order valence-corrected chi connectivity index (χ1v) is 9.27. The van der Waals surface area contributed by atoms with Crippen LogP contribution in [-0.4, -0.2) is 16.0 Å². The van der Waals surface area contributed by atoms with Crippen molar-refractivity contribution in [3.05, 3.63) is 58.6 Å². The van der Waals surface area contributed by atoms with Gasteiger partial charge in [0.25, 0.3) is 10.0 Å². The average Bonchev–Trinajstić information content (AvgIpc) is 2.48. The first-order chi connectivity index (χ1) is 10.2. The highest BCUT2D eigenvalue weighted by atomic mass is 127. The van der Waals surface area contributed by atoms with E-state index in [0.717, 1.165) is 5.56 Å². The number of benzene rings is 2. The molecule has 0 aliphatic heterocycles. The molecular formula is C15H15ClINO3S. The second kappa shape index (κ2) is 6.74. The van der Waals surface area contributed by atoms with Gasteiger partial charge in [0.2, 0.25) is 0 Å². The van der Waals surface area contributed by atoms with Crippen LogP contribution < -0.4 is 0 Å². The molecule has 0 aliphatic rings. The van der Waals surface area contributed by atoms with Crippen LogP contribution in [0.15, 0.2) is 47.4 Å². The quantitative estimate of drug-likeness (QED) is 0.552. The summed E-state index contributed by atoms with van der Waals surface area (Å²) in [6, 6.07) is 10.7. The smallest absolute Gasteiger partial charge is 0.252 e. The zero-order valence-electron chi connectivity index (χ0n) is 12.0. The summed E-state index contributed by atoms with van der Waals surface area (Å²) in [5.74, 6) is 0.0117. The number of hydrogen-bond donors (Lipinski definition) is 1. The van der Waals surface area contributed by atoms with E-state index in [1.165, 1.54) is 8.58 Å². The molecule has 1 atom stereocenters. The number of aryl methyl sites for hydroxylation is 1. The van der Waals surface area contributed by atoms with Crippen molar-refractivity contribution in [2.24, 2.45) is 0 Å². The van der Waals surface area contributed by atoms with E-state index in [1.54, 1.807) is 66.2 Å². The van der Waals surface area contributed by atoms with Crippen LogP contribution in [0.5, 0.6) is 5.75 Å². The molecule has 0 bridgehead atoms. The Balaban J connectivity index is 2.39. The van der Waals surface area contributed by atoms with Crippen LogP contribution in [0, 0.1) is 6.92 Å². The van der Waals surface area contributed by atoms with Gasteiger partial charge in [-0.1, -0.05) is 29.3 Å². The Labute approximate surface area is 149 Å². The van der Waals surface area contributed by atoms with Crippen molar-refractivity contribution in [2.45, 2.75) is 24.8 Å². The van der Waals surface area contributed by atoms with Gasteiger partial charge in [0, 0.05) is 33.5 Å². The van der Waals surface area contributed by atoms with E-state index in [1.807, 2.05) is 6.92 Å². The fraction of sp³-hybridized carbons (Fsp3) is 0.200. The van der Waals surface area contributed by atoms with Crippen LogP contribution in [0.2, 0.25) is 5.02 Å². The number of rotatable bonds is 4. The lowest BCUT2D eigenvalue weighted by Gasteiger charge is -2.23. The second-order valence-electron chi connectivity index (χ2n) is 4.94. The zero-order chi connectivity index (χ0) is 16.5. The van der Waals surface area contributed by atoms with E-state index in [0.29, 0.717) is 10.6 Å². The molecule has 0 heterocycles. The van der Waals surface area contributed by atoms with Crippen LogP contribution in [0.3, 0.4) is 0 Å². The number of hydrogen-bond acceptors (Lipinski definition) is 3. The van der Waals surface area contributed by atoms with Crippen LogP contribution in [0.1, 0.15) is 24.1 Å². The van der Waals surface area contributed by atoms with Crippen LogP contribution in [0.25, 0.3) is 0 Å². The summed E-state index contributed by atoms with van der Waals surface area (Å²) in [5, 5.41) is 10.4. The molecule has 0 unspecified atom stereocenters. The highest BCUT2D eigenvalue weighted by Crippen LogP contribution is 2.36. The lowest BCUT2D eigenvalue weighted by atomic mass is 10.1. The normalized spacial score (nSPS) is 13.3. The molecule has 0 fully saturated rings. The standard InChI is InChI=1S/C15H15ClINO3S/c1-10-3-6-13(7-4-10)22(20,21)18(17)11(2)14-9-12(16)5-8-15(14)19/h3-9,11,19H,1-2H3/t11-/m1/s1. The van der Waals surface area contributed by atoms with Gasteiger partial charge < -0.3 is 5.11 Å². The Morgan fingerprint density at radius 3 is 2.36 bits per heavy atom. The number of phenols is 1. The van der Waals surface area contributed by atoms with E-state index >= 15 is 0 Å². The third-order valence-electron chi connectivity index (χ3n) is 3.29. The summed E-state index contributed by atoms with van der Waals surface area (Å²) in [4.78, 5) is 0.209. The van der Waals surface area contributed by atoms with Crippen LogP contribution >= 0.6 is 34.5 Å². The van der Waals surface area contributed by atoms with Crippen molar-refractivity contribution in [3.63, 3.8) is 0 Å². The van der Waals surface area contributed by atoms with Gasteiger partial charge >= 0.3 is 0 Å². The molecule has 2 rings (SSSR count). The van der Waals surface area contributed by atoms with Gasteiger partial charge in [-0.2, -0.15) is 0 Å². The van der Waals surface area contributed by atoms with Gasteiger partial charge in [0.15, 0.2) is 0 Å². The molecule has 0 saturated heterocycles. The Hall–Kier alpha value is -0.830. The van der Waals surface area contributed by atoms with Crippen molar-refractivity contribution in [1.29, 1.82) is 0 Å². The minimum absolute atomic E-state index is 0.0117. The minimum atomic E-state index is -3.67. The van der Waals surface area contributed by atoms with Gasteiger partial charge in [-0.25, -0.2) is 8.42 Å². The fourth-order valence-corrected chi connectivity index (χ4v) is 4.36. The SMILES string of the molecule is Cc1ccc(S(=O)(=O)N(I)[C@H](C)c2cc(Cl)ccc2O)cc1. The lowest BCUT2D eigenvalue weighted by Crippen LogP contribution is -2.24. The molecule has 1 N–H and O–H groups in total. The molecule has 0 amide bonds. The molecule has 0 aromatic heterocycles. The van der Waals surface area contributed by atoms with E-state index in [4.69, 9.17) is 11.6 Å². The van der Waals surface area contributed by atoms with Crippen molar-refractivity contribution in [1.82, 2.24) is 2.52 Å². The molecule has 7 heteroatoms. The largest absolute Gasteiger partial charge is 0.508 e. The minimum Gasteiger partial charge on any atom is -0.508 e. The summed E-state index contributed by atoms with van der Waals surface area (Å²) < 4.78 is 26.5. The molecule has 0 saturated carbocycles. The number of aromatic hydroxyl groups is 1. The summed E-state index contributed by atoms with van der Waals surface area (Å²) in [7, 11) is -3.67. The van der Waals surface area contributed by atoms with Crippen molar-refractivity contribution < 1.29 is 13.5 Å². The molecule has 0 spiro atoms. The predicted molar refractivity (Wildman–Crippen MR) is 95.8 cm³/mol. The van der Waals surface area contributed by atoms with Gasteiger partial charge in [0.05, 0.1) is 10.9 Å². The molecule has 0 radical (unpaired) electrons. The lowest BCUT2D eigenvalue weighted by molar-refractivity contribution is 0.447. The van der Waals surface area contributed by atoms with Crippen LogP contribution in [0.4, 0.5) is 0 Å². The molecule has 22 heavy (non-hydrogen) atoms. The van der Waals surface area contributed by atoms with Crippen molar-refractivity contribution in [3.8, 4) is 5.75 Å². The highest BCUT2D eigenvalue weighted by Gasteiger charge is 2.29. The van der Waals surface area contributed by atoms with Crippen molar-refractivity contribution >= 4 is 44.5 Å². The number of sulfonamides is 1. The predicted octanol–water partition coefficient (Wildman–Crippen LogP) is 4.46. The van der Waals surface area contributed by atoms with E-state index < -0.39 is 16.1 Å². The number of phenolic OH excluding ortho intramolecular Hbond substituents is 1. The number of halogens is 2. The Kier molecular flexibility index (Phi) is 5.37. The maximum absolute atomic E-state index is 12.7. The maximum Gasteiger partial charge on any atom is 0.252 e. The fourth-order valence-electron chi connectivity index (χ4n) is 1.99. The van der Waals surface area contributed by atoms with E-state index in [2.05, 4.69) is 0 Å². The van der Waals surface area contributed by atoms with Gasteiger partial charge in [-0.3, -0.25) is 0 Å². The highest BCUT2D eigenvalue weighted by molar-refractivity contribution is 14.1. The molecule has 4 nitrogen and oxygen atoms in total. The Bertz CT molecular complexity index is 778. The summed E-state index contributed by atoms with van der Waals surface area (Å²) in [5.41, 5.74) is 1.44. The molecule has 0 aliphatic carbocycles. The maximum atomic E-state index is 12.7. The number of nitrogens with zero attached hydrogens (tertiary/aromatic N) is 1. The topological polar surface area (TPSA) is 57.6 Å². The van der Waals surface area contributed by atoms with Gasteiger partial charge in [-0.15, -0.1) is 2.52 Å². The molecular weight excluding hydrogens is 437 g/mol. The first-order valence-electron chi connectivity index (χ1n) is 6.49. The third kappa shape index (κ3) is 3.56. The summed E-state index contributed by atoms with van der Waals surface area (Å²) in [6.45, 7) is 3.59. The average molecular weight is 452 g/mol. The second-order valence-corrected chi connectivity index (χ2v) is 8.88. The van der Waals surface area contributed by atoms with E-state index in [9.17, 15) is 13.5 Å². The summed E-state index contributed by atoms with van der Waals surface area (Å²) in [6.07, 6.45) is 0. The molecule has 2 aromatic carbocycles. The monoisotopic (exact) mass is 451 g/mol. The molecule has 2 aromatic rings.